The Hall–Kier alpha value is -5.25. The molecule has 0 aliphatic rings. The lowest BCUT2D eigenvalue weighted by Crippen LogP contribution is -2.32. The van der Waals surface area contributed by atoms with Gasteiger partial charge in [0.15, 0.2) is 6.61 Å². The molecule has 0 aliphatic carbocycles. The summed E-state index contributed by atoms with van der Waals surface area (Å²) in [5.41, 5.74) is 0.902. The maximum Gasteiger partial charge on any atom is 0.508 e. The van der Waals surface area contributed by atoms with Crippen molar-refractivity contribution in [2.24, 2.45) is 75.4 Å². The fourth-order valence-electron chi connectivity index (χ4n) is 9.91. The lowest BCUT2D eigenvalue weighted by Gasteiger charge is -2.17. The van der Waals surface area contributed by atoms with E-state index < -0.39 is 18.3 Å². The van der Waals surface area contributed by atoms with Crippen molar-refractivity contribution in [1.82, 2.24) is 26.6 Å². The number of amides is 1. The molecule has 0 aromatic rings. The molecule has 0 saturated heterocycles. The smallest absolute Gasteiger partial charge is 0.465 e. The van der Waals surface area contributed by atoms with Gasteiger partial charge in [-0.05, 0) is 223 Å². The van der Waals surface area contributed by atoms with Crippen LogP contribution in [-0.4, -0.2) is 207 Å². The lowest BCUT2D eigenvalue weighted by atomic mass is 9.90. The van der Waals surface area contributed by atoms with E-state index in [2.05, 4.69) is 255 Å². The Labute approximate surface area is 839 Å². The first-order valence-electron chi connectivity index (χ1n) is 52.3. The van der Waals surface area contributed by atoms with E-state index in [4.69, 9.17) is 56.8 Å². The second-order valence-electron chi connectivity index (χ2n) is 45.3. The summed E-state index contributed by atoms with van der Waals surface area (Å²) >= 11 is 0. The molecule has 0 saturated carbocycles. The van der Waals surface area contributed by atoms with Crippen LogP contribution in [0.15, 0.2) is 0 Å². The number of unbranched alkanes of at least 4 members (excludes halogenated alkanes) is 1. The van der Waals surface area contributed by atoms with Gasteiger partial charge in [0, 0.05) is 88.6 Å². The summed E-state index contributed by atoms with van der Waals surface area (Å²) in [5.74, 6) is 4.82. The van der Waals surface area contributed by atoms with Crippen LogP contribution in [0.3, 0.4) is 0 Å². The number of ether oxygens (including phenoxy) is 12. The van der Waals surface area contributed by atoms with Crippen LogP contribution in [-0.2, 0) is 90.4 Å². The van der Waals surface area contributed by atoms with Gasteiger partial charge in [-0.3, -0.25) is 24.0 Å². The van der Waals surface area contributed by atoms with Crippen LogP contribution < -0.4 is 26.6 Å². The predicted molar refractivity (Wildman–Crippen MR) is 569 cm³/mol. The van der Waals surface area contributed by atoms with Crippen LogP contribution in [0.1, 0.15) is 435 Å². The van der Waals surface area contributed by atoms with E-state index >= 15 is 0 Å². The number of nitrogens with one attached hydrogen (secondary N) is 5. The molecule has 0 aromatic carbocycles. The Morgan fingerprint density at radius 3 is 1.07 bits per heavy atom. The highest BCUT2D eigenvalue weighted by molar-refractivity contribution is 5.79. The number of carbonyl (C=O) groups excluding carboxylic acids is 9. The minimum atomic E-state index is -0.564. The largest absolute Gasteiger partial charge is 0.508 e. The number of carbonyl (C=O) groups is 9. The van der Waals surface area contributed by atoms with Crippen molar-refractivity contribution >= 4 is 53.8 Å². The molecule has 0 rings (SSSR count). The van der Waals surface area contributed by atoms with Gasteiger partial charge in [-0.25, -0.2) is 19.2 Å². The maximum absolute atomic E-state index is 11.5. The normalized spacial score (nSPS) is 11.5. The van der Waals surface area contributed by atoms with Crippen LogP contribution >= 0.6 is 0 Å². The second kappa shape index (κ2) is 99.9. The van der Waals surface area contributed by atoms with Crippen molar-refractivity contribution in [1.29, 1.82) is 0 Å². The van der Waals surface area contributed by atoms with E-state index in [1.807, 2.05) is 62.3 Å². The van der Waals surface area contributed by atoms with Crippen molar-refractivity contribution in [2.75, 3.05) is 92.2 Å². The van der Waals surface area contributed by atoms with Gasteiger partial charge in [-0.2, -0.15) is 0 Å². The molecule has 1 amide bonds. The molecular formula is C110H229N5O21. The minimum absolute atomic E-state index is 0.0172. The van der Waals surface area contributed by atoms with Crippen LogP contribution in [0, 0.1) is 75.4 Å². The highest BCUT2D eigenvalue weighted by Gasteiger charge is 2.18. The fourth-order valence-corrected chi connectivity index (χ4v) is 9.91. The molecule has 820 valence electrons. The Morgan fingerprint density at radius 2 is 0.684 bits per heavy atom. The quantitative estimate of drug-likeness (QED) is 0.0215. The lowest BCUT2D eigenvalue weighted by molar-refractivity contribution is -0.161. The zero-order valence-corrected chi connectivity index (χ0v) is 97.8. The van der Waals surface area contributed by atoms with Crippen molar-refractivity contribution in [3.8, 4) is 0 Å². The third-order valence-electron chi connectivity index (χ3n) is 16.6. The highest BCUT2D eigenvalue weighted by Crippen LogP contribution is 2.24. The summed E-state index contributed by atoms with van der Waals surface area (Å²) in [4.78, 5) is 99.8. The molecule has 5 N–H and O–H groups in total. The predicted octanol–water partition coefficient (Wildman–Crippen LogP) is 26.0. The molecule has 0 aromatic heterocycles. The van der Waals surface area contributed by atoms with Gasteiger partial charge in [0.05, 0.1) is 76.2 Å². The number of esters is 5. The van der Waals surface area contributed by atoms with Crippen LogP contribution in [0.5, 0.6) is 0 Å². The van der Waals surface area contributed by atoms with Crippen LogP contribution in [0.2, 0.25) is 0 Å². The molecule has 136 heavy (non-hydrogen) atoms. The van der Waals surface area contributed by atoms with Gasteiger partial charge in [-0.15, -0.1) is 0 Å². The minimum Gasteiger partial charge on any atom is -0.465 e. The van der Waals surface area contributed by atoms with Gasteiger partial charge >= 0.3 is 42.2 Å². The Balaban J connectivity index is -0.000000141. The molecule has 0 heterocycles. The average molecular weight is 1960 g/mol. The van der Waals surface area contributed by atoms with E-state index in [0.29, 0.717) is 134 Å². The van der Waals surface area contributed by atoms with E-state index in [1.54, 1.807) is 41.5 Å². The van der Waals surface area contributed by atoms with Gasteiger partial charge in [-0.1, -0.05) is 262 Å². The van der Waals surface area contributed by atoms with Crippen molar-refractivity contribution in [3.05, 3.63) is 0 Å². The van der Waals surface area contributed by atoms with E-state index in [1.165, 1.54) is 12.8 Å². The molecule has 26 nitrogen and oxygen atoms in total. The molecular weight excluding hydrogens is 1730 g/mol. The fraction of sp³-hybridized carbons (Fsp3) is 0.918. The van der Waals surface area contributed by atoms with Crippen molar-refractivity contribution in [2.45, 2.75) is 496 Å². The Kier molecular flexibility index (Phi) is 113. The third kappa shape index (κ3) is 178. The van der Waals surface area contributed by atoms with Gasteiger partial charge in [0.1, 0.15) is 12.4 Å². The summed E-state index contributed by atoms with van der Waals surface area (Å²) in [7, 11) is 0. The Morgan fingerprint density at radius 1 is 0.279 bits per heavy atom. The number of hydrogen-bond donors (Lipinski definition) is 5. The van der Waals surface area contributed by atoms with Gasteiger partial charge < -0.3 is 83.4 Å². The molecule has 0 spiro atoms. The molecule has 1 unspecified atom stereocenters. The first kappa shape index (κ1) is 153. The van der Waals surface area contributed by atoms with E-state index in [9.17, 15) is 43.2 Å². The standard InChI is InChI=1S/C13H24O4.C13H26O3.C11H23NO.C11H22O3.C11H22O.C10H20O2.C9H21NO.C9H18O3.C8H17NO2.C8H19NO.C7H17N/c1-10(2)17-12(15)9-16-11(14)7-6-8-13(3,4)5;1-11(2)16-12(14)10-15-9-7-6-8-13(3,4)5;1-8(2)6-10(5)11(13)12-7-9(3)4;1-9(2)14-10(12)13-8-6-7-11(3,4)5;1-9(2)6-5-7-11(12)8-10(3)4;1-8(2)5-6-10(11)12-7-9(3)4;1-8(2)7-11-6-5-10-9(3)4;1-7(2)5-6-11-9(10)12-8(3)4;1-6(2)9-5-8(10)11-7(3)4;1-7(2)9-5-6-10-8(3)4;1-6(2)5-8-7(3)4/h10H,6-9H2,1-5H3;11H,6-10H2,1-5H3;8-10H,6-7H2,1-5H3,(H,12,13);9H,6-8H2,1-5H3;9-10H,5-8H2,1-4H3;8-9H,5-7H2,1-4H3;8-10H,5-7H2,1-4H3;7-8H,5-6H2,1-4H3;6-7,9H,5H2,1-4H3;7-9H,5-6H2,1-4H3;6-8H,5H2,1-4H3. The summed E-state index contributed by atoms with van der Waals surface area (Å²) in [6.45, 7) is 107. The van der Waals surface area contributed by atoms with Crippen molar-refractivity contribution in [3.63, 3.8) is 0 Å². The summed E-state index contributed by atoms with van der Waals surface area (Å²) in [6.07, 6.45) is 13.3. The van der Waals surface area contributed by atoms with Gasteiger partial charge in [0.25, 0.3) is 0 Å². The summed E-state index contributed by atoms with van der Waals surface area (Å²) < 4.78 is 59.7. The maximum atomic E-state index is 11.5. The Bertz CT molecular complexity index is 2620. The van der Waals surface area contributed by atoms with Crippen LogP contribution in [0.25, 0.3) is 0 Å². The molecule has 0 radical (unpaired) electrons. The zero-order valence-electron chi connectivity index (χ0n) is 97.8. The third-order valence-corrected chi connectivity index (χ3v) is 16.6. The number of rotatable bonds is 55. The SMILES string of the molecule is CC(C)CCC(=O)OCC(C)C.CC(C)CCCC(=O)CC(C)C.CC(C)CCOC(=O)OC(C)C.CC(C)CNC(=O)C(C)CC(C)C.CC(C)CNC(C)C.CC(C)COCCNC(C)C.CC(C)NCC(=O)OC(C)C.CC(C)NCCOC(C)C.CC(C)OC(=O)COC(=O)CCCC(C)(C)C.CC(C)OC(=O)COCCCCC(C)(C)C.CC(C)OC(=O)OCCCC(C)(C)C. The van der Waals surface area contributed by atoms with Gasteiger partial charge in [0.2, 0.25) is 5.91 Å². The van der Waals surface area contributed by atoms with E-state index in [0.717, 1.165) is 135 Å². The van der Waals surface area contributed by atoms with E-state index in [-0.39, 0.29) is 84.9 Å². The number of Topliss-reactive ketones (excluding diaryl/α,β-unsaturated/α-hetero) is 1. The summed E-state index contributed by atoms with van der Waals surface area (Å²) in [6, 6.07) is 2.10. The average Bonchev–Trinajstić information content (AvgIpc) is 0.966. The van der Waals surface area contributed by atoms with Crippen LogP contribution in [0.4, 0.5) is 9.59 Å². The molecule has 1 atom stereocenters. The number of ketones is 1. The van der Waals surface area contributed by atoms with Crippen molar-refractivity contribution < 1.29 is 100.0 Å². The monoisotopic (exact) mass is 1960 g/mol. The molecule has 0 aliphatic heterocycles. The second-order valence-corrected chi connectivity index (χ2v) is 45.3. The first-order valence-corrected chi connectivity index (χ1v) is 52.3. The molecule has 0 fully saturated rings. The topological polar surface area (TPSA) is 325 Å². The molecule has 26 heteroatoms. The zero-order chi connectivity index (χ0) is 108. The summed E-state index contributed by atoms with van der Waals surface area (Å²) in [5, 5.41) is 15.8. The highest BCUT2D eigenvalue weighted by atomic mass is 16.7. The first-order chi connectivity index (χ1) is 62.2. The number of hydrogen-bond acceptors (Lipinski definition) is 25. The molecule has 0 bridgehead atoms.